The summed E-state index contributed by atoms with van der Waals surface area (Å²) < 4.78 is 2.03. The van der Waals surface area contributed by atoms with Crippen molar-refractivity contribution in [1.29, 1.82) is 0 Å². The summed E-state index contributed by atoms with van der Waals surface area (Å²) in [5, 5.41) is 12.6. The van der Waals surface area contributed by atoms with Crippen LogP contribution in [0.15, 0.2) is 18.3 Å². The number of nitrogens with zero attached hydrogens (tertiary/aromatic N) is 3. The van der Waals surface area contributed by atoms with Crippen LogP contribution in [-0.2, 0) is 7.05 Å². The van der Waals surface area contributed by atoms with Crippen molar-refractivity contribution in [3.8, 4) is 0 Å². The molecular weight excluding hydrogens is 294 g/mol. The highest BCUT2D eigenvalue weighted by Crippen LogP contribution is 2.27. The molecule has 0 aliphatic carbocycles. The first-order chi connectivity index (χ1) is 11.0. The summed E-state index contributed by atoms with van der Waals surface area (Å²) in [5.74, 6) is 0. The lowest BCUT2D eigenvalue weighted by atomic mass is 10.0. The zero-order chi connectivity index (χ0) is 16.6. The van der Waals surface area contributed by atoms with Gasteiger partial charge in [0, 0.05) is 38.4 Å². The van der Waals surface area contributed by atoms with Gasteiger partial charge in [0.1, 0.15) is 0 Å². The van der Waals surface area contributed by atoms with E-state index in [1.54, 1.807) is 0 Å². The normalized spacial score (nSPS) is 17.4. The fourth-order valence-corrected chi connectivity index (χ4v) is 3.10. The molecular formula is C16H23N5O2. The number of hydrogen-bond acceptors (Lipinski definition) is 4. The molecule has 7 nitrogen and oxygen atoms in total. The van der Waals surface area contributed by atoms with Gasteiger partial charge in [-0.1, -0.05) is 0 Å². The number of piperidine rings is 1. The van der Waals surface area contributed by atoms with E-state index >= 15 is 0 Å². The second-order valence-corrected chi connectivity index (χ2v) is 6.23. The molecule has 1 atom stereocenters. The summed E-state index contributed by atoms with van der Waals surface area (Å²) >= 11 is 0. The Kier molecular flexibility index (Phi) is 4.12. The zero-order valence-corrected chi connectivity index (χ0v) is 13.5. The van der Waals surface area contributed by atoms with E-state index in [0.29, 0.717) is 13.1 Å². The third-order valence-electron chi connectivity index (χ3n) is 4.45. The van der Waals surface area contributed by atoms with Gasteiger partial charge in [-0.25, -0.2) is 9.78 Å². The molecule has 7 heteroatoms. The number of aryl methyl sites for hydroxylation is 1. The molecule has 1 amide bonds. The number of anilines is 1. The first kappa shape index (κ1) is 15.6. The number of nitrogens with one attached hydrogen (secondary N) is 1. The van der Waals surface area contributed by atoms with E-state index in [-0.39, 0.29) is 12.1 Å². The van der Waals surface area contributed by atoms with Crippen molar-refractivity contribution in [3.63, 3.8) is 0 Å². The minimum atomic E-state index is -0.841. The van der Waals surface area contributed by atoms with Gasteiger partial charge in [0.15, 0.2) is 0 Å². The molecule has 2 aromatic heterocycles. The lowest BCUT2D eigenvalue weighted by Gasteiger charge is -2.31. The van der Waals surface area contributed by atoms with Crippen LogP contribution in [0.2, 0.25) is 0 Å². The first-order valence-electron chi connectivity index (χ1n) is 7.91. The number of likely N-dealkylation sites (tertiary alicyclic amines) is 1. The highest BCUT2D eigenvalue weighted by Gasteiger charge is 2.23. The van der Waals surface area contributed by atoms with Gasteiger partial charge in [0.25, 0.3) is 0 Å². The maximum atomic E-state index is 11.0. The molecule has 0 saturated carbocycles. The molecule has 124 valence electrons. The quantitative estimate of drug-likeness (QED) is 0.806. The third kappa shape index (κ3) is 3.10. The van der Waals surface area contributed by atoms with E-state index in [0.717, 1.165) is 35.3 Å². The van der Waals surface area contributed by atoms with E-state index in [1.165, 1.54) is 4.90 Å². The molecule has 3 heterocycles. The van der Waals surface area contributed by atoms with Gasteiger partial charge in [0.05, 0.1) is 22.4 Å². The van der Waals surface area contributed by atoms with Crippen LogP contribution < -0.4 is 11.1 Å². The molecule has 0 radical (unpaired) electrons. The van der Waals surface area contributed by atoms with E-state index in [2.05, 4.69) is 11.4 Å². The summed E-state index contributed by atoms with van der Waals surface area (Å²) in [5.41, 5.74) is 9.87. The van der Waals surface area contributed by atoms with Crippen LogP contribution in [-0.4, -0.2) is 44.8 Å². The Labute approximate surface area is 135 Å². The molecule has 1 aliphatic rings. The minimum Gasteiger partial charge on any atom is -0.465 e. The smallest absolute Gasteiger partial charge is 0.407 e. The van der Waals surface area contributed by atoms with Crippen LogP contribution in [0.5, 0.6) is 0 Å². The van der Waals surface area contributed by atoms with Gasteiger partial charge in [-0.3, -0.25) is 0 Å². The predicted molar refractivity (Wildman–Crippen MR) is 89.6 cm³/mol. The van der Waals surface area contributed by atoms with Crippen LogP contribution in [0.3, 0.4) is 0 Å². The molecule has 2 aromatic rings. The first-order valence-corrected chi connectivity index (χ1v) is 7.91. The van der Waals surface area contributed by atoms with Gasteiger partial charge in [-0.2, -0.15) is 0 Å². The number of fused-ring (bicyclic) bond motifs is 1. The minimum absolute atomic E-state index is 0.166. The number of carboxylic acid groups (broad SMARTS) is 1. The second kappa shape index (κ2) is 6.08. The molecule has 0 aromatic carbocycles. The summed E-state index contributed by atoms with van der Waals surface area (Å²) in [6.45, 7) is 3.04. The van der Waals surface area contributed by atoms with E-state index < -0.39 is 6.09 Å². The lowest BCUT2D eigenvalue weighted by Crippen LogP contribution is -2.41. The van der Waals surface area contributed by atoms with Crippen molar-refractivity contribution >= 4 is 22.8 Å². The number of aromatic nitrogens is 2. The van der Waals surface area contributed by atoms with Crippen LogP contribution in [0, 0.1) is 0 Å². The topological polar surface area (TPSA) is 96.4 Å². The number of rotatable bonds is 3. The maximum Gasteiger partial charge on any atom is 0.407 e. The SMILES string of the molecule is C[C@H](N)c1nc2ccn(C)c2cc1NC1CCN(C(=O)O)CC1. The Bertz CT molecular complexity index is 717. The Hall–Kier alpha value is -2.28. The Morgan fingerprint density at radius 1 is 1.48 bits per heavy atom. The monoisotopic (exact) mass is 317 g/mol. The molecule has 4 N–H and O–H groups in total. The predicted octanol–water partition coefficient (Wildman–Crippen LogP) is 2.15. The zero-order valence-electron chi connectivity index (χ0n) is 13.5. The van der Waals surface area contributed by atoms with Crippen molar-refractivity contribution in [1.82, 2.24) is 14.5 Å². The Balaban J connectivity index is 1.83. The second-order valence-electron chi connectivity index (χ2n) is 6.23. The van der Waals surface area contributed by atoms with E-state index in [1.807, 2.05) is 30.8 Å². The highest BCUT2D eigenvalue weighted by atomic mass is 16.4. The van der Waals surface area contributed by atoms with E-state index in [4.69, 9.17) is 15.8 Å². The molecule has 1 saturated heterocycles. The van der Waals surface area contributed by atoms with Crippen LogP contribution >= 0.6 is 0 Å². The summed E-state index contributed by atoms with van der Waals surface area (Å²) in [4.78, 5) is 17.1. The Morgan fingerprint density at radius 2 is 2.17 bits per heavy atom. The van der Waals surface area contributed by atoms with Gasteiger partial charge in [0.2, 0.25) is 0 Å². The summed E-state index contributed by atoms with van der Waals surface area (Å²) in [7, 11) is 1.99. The van der Waals surface area contributed by atoms with Crippen molar-refractivity contribution in [2.75, 3.05) is 18.4 Å². The average Bonchev–Trinajstić information content (AvgIpc) is 2.88. The highest BCUT2D eigenvalue weighted by molar-refractivity contribution is 5.80. The number of pyridine rings is 1. The van der Waals surface area contributed by atoms with Crippen molar-refractivity contribution in [2.45, 2.75) is 31.8 Å². The number of nitrogens with two attached hydrogens (primary N) is 1. The third-order valence-corrected chi connectivity index (χ3v) is 4.45. The molecule has 1 aliphatic heterocycles. The van der Waals surface area contributed by atoms with E-state index in [9.17, 15) is 4.79 Å². The number of hydrogen-bond donors (Lipinski definition) is 3. The standard InChI is InChI=1S/C16H23N5O2/c1-10(17)15-13(9-14-12(19-15)5-6-20(14)2)18-11-3-7-21(8-4-11)16(22)23/h5-6,9-11,18H,3-4,7-8,17H2,1-2H3,(H,22,23)/t10-/m0/s1. The fourth-order valence-electron chi connectivity index (χ4n) is 3.10. The molecule has 1 fully saturated rings. The molecule has 0 bridgehead atoms. The largest absolute Gasteiger partial charge is 0.465 e. The van der Waals surface area contributed by atoms with Crippen LogP contribution in [0.1, 0.15) is 31.5 Å². The average molecular weight is 317 g/mol. The summed E-state index contributed by atoms with van der Waals surface area (Å²) in [6.07, 6.45) is 2.72. The van der Waals surface area contributed by atoms with Gasteiger partial charge in [-0.05, 0) is 31.9 Å². The molecule has 0 unspecified atom stereocenters. The van der Waals surface area contributed by atoms with Crippen LogP contribution in [0.25, 0.3) is 11.0 Å². The molecule has 23 heavy (non-hydrogen) atoms. The summed E-state index contributed by atoms with van der Waals surface area (Å²) in [6, 6.07) is 4.14. The number of amides is 1. The van der Waals surface area contributed by atoms with Crippen molar-refractivity contribution in [2.24, 2.45) is 12.8 Å². The van der Waals surface area contributed by atoms with Gasteiger partial charge < -0.3 is 25.6 Å². The van der Waals surface area contributed by atoms with Crippen molar-refractivity contribution in [3.05, 3.63) is 24.0 Å². The fraction of sp³-hybridized carbons (Fsp3) is 0.500. The van der Waals surface area contributed by atoms with Gasteiger partial charge in [-0.15, -0.1) is 0 Å². The maximum absolute atomic E-state index is 11.0. The lowest BCUT2D eigenvalue weighted by molar-refractivity contribution is 0.134. The van der Waals surface area contributed by atoms with Crippen molar-refractivity contribution < 1.29 is 9.90 Å². The van der Waals surface area contributed by atoms with Crippen LogP contribution in [0.4, 0.5) is 10.5 Å². The Morgan fingerprint density at radius 3 is 2.78 bits per heavy atom. The molecule has 3 rings (SSSR count). The number of carbonyl (C=O) groups is 1. The van der Waals surface area contributed by atoms with Gasteiger partial charge >= 0.3 is 6.09 Å². The molecule has 0 spiro atoms.